The van der Waals surface area contributed by atoms with Gasteiger partial charge in [0.2, 0.25) is 0 Å². The maximum atomic E-state index is 4.63. The molecule has 0 spiro atoms. The molecule has 0 unspecified atom stereocenters. The molecule has 0 atom stereocenters. The van der Waals surface area contributed by atoms with Gasteiger partial charge in [0.15, 0.2) is 0 Å². The Morgan fingerprint density at radius 2 is 0.755 bits per heavy atom. The second kappa shape index (κ2) is 31.5. The van der Waals surface area contributed by atoms with Gasteiger partial charge in [-0.2, -0.15) is 0 Å². The summed E-state index contributed by atoms with van der Waals surface area (Å²) in [6.45, 7) is 0. The first-order chi connectivity index (χ1) is 20.8. The molecule has 23 heteroatoms. The molecule has 4 aliphatic rings. The molecule has 6 heterocycles. The number of hydrogen-bond acceptors (Lipinski definition) is 12. The van der Waals surface area contributed by atoms with E-state index in [0.29, 0.717) is 0 Å². The van der Waals surface area contributed by atoms with Crippen LogP contribution in [0.3, 0.4) is 0 Å². The third-order valence-corrected chi connectivity index (χ3v) is 17.5. The quantitative estimate of drug-likeness (QED) is 0.175. The molecule has 10 nitrogen and oxygen atoms in total. The molecule has 0 saturated carbocycles. The van der Waals surface area contributed by atoms with Crippen molar-refractivity contribution < 1.29 is 102 Å². The van der Waals surface area contributed by atoms with Crippen LogP contribution in [0, 0.1) is 0 Å². The number of allylic oxidation sites excluding steroid dienone is 2. The van der Waals surface area contributed by atoms with Crippen LogP contribution in [-0.4, -0.2) is 9.97 Å². The molecule has 8 rings (SSSR count). The summed E-state index contributed by atoms with van der Waals surface area (Å²) >= 11 is 18.0. The topological polar surface area (TPSA) is 254 Å². The summed E-state index contributed by atoms with van der Waals surface area (Å²) in [4.78, 5) is 11.8. The molecule has 0 saturated heterocycles. The third-order valence-electron chi connectivity index (χ3n) is 5.53. The van der Waals surface area contributed by atoms with E-state index >= 15 is 0 Å². The molecule has 295 valence electrons. The second-order valence-electron chi connectivity index (χ2n) is 8.35. The van der Waals surface area contributed by atoms with E-state index in [1.165, 1.54) is 36.2 Å². The summed E-state index contributed by atoms with van der Waals surface area (Å²) in [7, 11) is 0. The van der Waals surface area contributed by atoms with Crippen LogP contribution in [0.25, 0.3) is 32.6 Å². The number of rotatable bonds is 4. The van der Waals surface area contributed by atoms with Gasteiger partial charge in [0, 0.05) is 50.7 Å². The van der Waals surface area contributed by atoms with Crippen LogP contribution >= 0.6 is 117 Å². The molecule has 0 amide bonds. The first-order valence-corrected chi connectivity index (χ1v) is 20.9. The van der Waals surface area contributed by atoms with Crippen LogP contribution in [0.5, 0.6) is 0 Å². The maximum absolute atomic E-state index is 4.63. The van der Waals surface area contributed by atoms with Gasteiger partial charge < -0.3 is 43.8 Å². The largest absolute Gasteiger partial charge is 2.00 e. The molecule has 3 radical (unpaired) electrons. The number of nitrogens with zero attached hydrogens (tertiary/aromatic N) is 2. The van der Waals surface area contributed by atoms with Gasteiger partial charge in [0.05, 0.1) is 37.4 Å². The number of thiazole rings is 2. The number of para-hydroxylation sites is 2. The summed E-state index contributed by atoms with van der Waals surface area (Å²) in [5.74, 6) is 0. The van der Waals surface area contributed by atoms with Gasteiger partial charge in [-0.05, 0) is 81.0 Å². The Hall–Kier alpha value is 0.464. The van der Waals surface area contributed by atoms with Gasteiger partial charge in [-0.25, -0.2) is 9.97 Å². The minimum Gasteiger partial charge on any atom is -2.00 e. The summed E-state index contributed by atoms with van der Waals surface area (Å²) in [6, 6.07) is 16.5. The van der Waals surface area contributed by atoms with Gasteiger partial charge in [0.25, 0.3) is 0 Å². The van der Waals surface area contributed by atoms with Crippen LogP contribution in [-0.2, 0) is 102 Å². The third kappa shape index (κ3) is 17.1. The average Bonchev–Trinajstić information content (AvgIpc) is 3.86. The van der Waals surface area contributed by atoms with Crippen molar-refractivity contribution in [3.8, 4) is 0 Å². The number of hydrogen-bond donors (Lipinski definition) is 0. The maximum Gasteiger partial charge on any atom is 2.00 e. The second-order valence-corrected chi connectivity index (χ2v) is 19.1. The average molecular weight is 1290 g/mol. The van der Waals surface area contributed by atoms with Gasteiger partial charge in [0.1, 0.15) is 10.0 Å². The van der Waals surface area contributed by atoms with Crippen molar-refractivity contribution >= 4 is 149 Å². The molecular weight excluding hydrogens is 1270 g/mol. The fourth-order valence-electron chi connectivity index (χ4n) is 3.70. The van der Waals surface area contributed by atoms with E-state index in [4.69, 9.17) is 0 Å². The fourth-order valence-corrected chi connectivity index (χ4v) is 14.1. The zero-order valence-corrected chi connectivity index (χ0v) is 40.2. The van der Waals surface area contributed by atoms with E-state index in [1.54, 1.807) is 22.7 Å². The summed E-state index contributed by atoms with van der Waals surface area (Å²) in [6.07, 6.45) is 8.57. The first kappa shape index (κ1) is 62.7. The molecule has 0 N–H and O–H groups in total. The van der Waals surface area contributed by atoms with Gasteiger partial charge >= 0.3 is 17.1 Å². The summed E-state index contributed by atoms with van der Waals surface area (Å²) in [5.41, 5.74) is 2.16. The molecule has 53 heavy (non-hydrogen) atoms. The van der Waals surface area contributed by atoms with Crippen LogP contribution in [0.2, 0.25) is 0 Å². The number of thioether (sulfide) groups is 8. The van der Waals surface area contributed by atoms with Crippen molar-refractivity contribution in [3.05, 3.63) is 130 Å². The minimum absolute atomic E-state index is 0. The van der Waals surface area contributed by atoms with Crippen molar-refractivity contribution in [2.24, 2.45) is 0 Å². The molecule has 4 aliphatic heterocycles. The van der Waals surface area contributed by atoms with Crippen molar-refractivity contribution in [2.45, 2.75) is 0 Å². The van der Waals surface area contributed by atoms with Crippen molar-refractivity contribution in [3.63, 3.8) is 0 Å². The van der Waals surface area contributed by atoms with Crippen LogP contribution in [0.4, 0.5) is 0 Å². The van der Waals surface area contributed by atoms with Crippen molar-refractivity contribution in [1.82, 2.24) is 9.97 Å². The standard InChI is InChI=1S/2C15H9NS5.Cu.8O.2Re/c2*1-2-4-12-11(3-1)16-13(21-12)6-5-10-9-19-15(20-10)14-17-7-8-18-14;;;;;;;;;;;/h2*1-9H;;;;;;;;;;;/q;;+2;8*-2;;/b2*6-5+;;;;;;;;;;;. The Kier molecular flexibility index (Phi) is 37.2. The normalized spacial score (nSPS) is 14.6. The van der Waals surface area contributed by atoms with Gasteiger partial charge in [-0.1, -0.05) is 118 Å². The van der Waals surface area contributed by atoms with Crippen molar-refractivity contribution in [1.29, 1.82) is 0 Å². The molecule has 2 aromatic heterocycles. The first-order valence-electron chi connectivity index (χ1n) is 12.4. The molecule has 4 aromatic rings. The number of aromatic nitrogens is 2. The molecule has 0 bridgehead atoms. The minimum atomic E-state index is 0. The Balaban J connectivity index is -0.000000240. The molecular formula is C30H18CuN2O8Re2S10-14. The van der Waals surface area contributed by atoms with Gasteiger partial charge in [-0.3, -0.25) is 0 Å². The van der Waals surface area contributed by atoms with Gasteiger partial charge in [-0.15, -0.1) is 22.7 Å². The Morgan fingerprint density at radius 1 is 0.415 bits per heavy atom. The molecule has 2 aromatic carbocycles. The van der Waals surface area contributed by atoms with E-state index in [9.17, 15) is 0 Å². The predicted octanol–water partition coefficient (Wildman–Crippen LogP) is 12.5. The summed E-state index contributed by atoms with van der Waals surface area (Å²) < 4.78 is 8.05. The fraction of sp³-hybridized carbons (Fsp3) is 0. The molecule has 0 aliphatic carbocycles. The Labute approximate surface area is 386 Å². The van der Waals surface area contributed by atoms with E-state index < -0.39 is 0 Å². The van der Waals surface area contributed by atoms with Crippen LogP contribution < -0.4 is 0 Å². The Bertz CT molecular complexity index is 1730. The predicted molar refractivity (Wildman–Crippen MR) is 212 cm³/mol. The smallest absolute Gasteiger partial charge is 2.00 e. The van der Waals surface area contributed by atoms with E-state index in [-0.39, 0.29) is 102 Å². The molecule has 0 fully saturated rings. The zero-order chi connectivity index (χ0) is 28.1. The number of benzene rings is 2. The Morgan fingerprint density at radius 3 is 1.09 bits per heavy atom. The number of fused-ring (bicyclic) bond motifs is 2. The van der Waals surface area contributed by atoms with Crippen LogP contribution in [0.15, 0.2) is 120 Å². The van der Waals surface area contributed by atoms with Crippen molar-refractivity contribution in [2.75, 3.05) is 0 Å². The van der Waals surface area contributed by atoms with Crippen LogP contribution in [0.1, 0.15) is 10.0 Å². The van der Waals surface area contributed by atoms with E-state index in [0.717, 1.165) is 21.0 Å². The van der Waals surface area contributed by atoms with E-state index in [2.05, 4.69) is 103 Å². The zero-order valence-electron chi connectivity index (χ0n) is 25.7. The summed E-state index contributed by atoms with van der Waals surface area (Å²) in [5, 5.41) is 15.1. The SMILES string of the molecule is C1=CSC(=C2SC=C(/C=C/c3nc4ccccc4s3)S2)S1.C1=CSC(=C2SC=C(/C=C/c3nc4ccccc4s3)S2)S1.[Cu+2].[O-2].[O-2].[O-2].[O-2].[O-2].[O-2].[O-2].[O-2].[Re].[Re]. The van der Waals surface area contributed by atoms with E-state index in [1.807, 2.05) is 106 Å². The monoisotopic (exact) mass is 1290 g/mol.